The summed E-state index contributed by atoms with van der Waals surface area (Å²) in [5.41, 5.74) is 5.29. The fraction of sp³-hybridized carbons (Fsp3) is 0.350. The number of nitro groups is 1. The highest BCUT2D eigenvalue weighted by Gasteiger charge is 2.18. The molecule has 0 spiro atoms. The predicted molar refractivity (Wildman–Crippen MR) is 109 cm³/mol. The zero-order chi connectivity index (χ0) is 21.1. The molecule has 1 amide bonds. The standard InChI is InChI=1S/C20H24N6O3/c1-13-6-5-7-17(10-13)12-25-16(4)20(15(3)22-25)21-19(27)8-9-24-14(2)11-18(23-24)26(28)29/h5-7,10-11H,8-9,12H2,1-4H3,(H,21,27). The molecule has 29 heavy (non-hydrogen) atoms. The van der Waals surface area contributed by atoms with Gasteiger partial charge in [0.1, 0.15) is 0 Å². The Morgan fingerprint density at radius 3 is 2.55 bits per heavy atom. The summed E-state index contributed by atoms with van der Waals surface area (Å²) in [5, 5.41) is 22.2. The summed E-state index contributed by atoms with van der Waals surface area (Å²) in [4.78, 5) is 22.7. The van der Waals surface area contributed by atoms with Crippen LogP contribution < -0.4 is 5.32 Å². The molecule has 0 aliphatic heterocycles. The first-order chi connectivity index (χ1) is 13.7. The highest BCUT2D eigenvalue weighted by Crippen LogP contribution is 2.21. The van der Waals surface area contributed by atoms with Crippen molar-refractivity contribution in [2.45, 2.75) is 47.2 Å². The number of carbonyl (C=O) groups excluding carboxylic acids is 1. The first-order valence-corrected chi connectivity index (χ1v) is 9.33. The van der Waals surface area contributed by atoms with Gasteiger partial charge in [-0.2, -0.15) is 9.78 Å². The van der Waals surface area contributed by atoms with Crippen molar-refractivity contribution in [1.82, 2.24) is 19.6 Å². The predicted octanol–water partition coefficient (Wildman–Crippen LogP) is 3.30. The molecule has 1 aromatic carbocycles. The van der Waals surface area contributed by atoms with Gasteiger partial charge >= 0.3 is 5.82 Å². The van der Waals surface area contributed by atoms with Gasteiger partial charge in [-0.05, 0) is 38.2 Å². The molecule has 0 atom stereocenters. The summed E-state index contributed by atoms with van der Waals surface area (Å²) < 4.78 is 3.35. The van der Waals surface area contributed by atoms with Crippen molar-refractivity contribution in [2.75, 3.05) is 5.32 Å². The van der Waals surface area contributed by atoms with Crippen molar-refractivity contribution < 1.29 is 9.72 Å². The summed E-state index contributed by atoms with van der Waals surface area (Å²) in [7, 11) is 0. The van der Waals surface area contributed by atoms with Gasteiger partial charge in [0, 0.05) is 6.42 Å². The van der Waals surface area contributed by atoms with Gasteiger partial charge in [0.2, 0.25) is 5.91 Å². The van der Waals surface area contributed by atoms with Crippen LogP contribution in [-0.2, 0) is 17.9 Å². The van der Waals surface area contributed by atoms with Crippen LogP contribution in [0.2, 0.25) is 0 Å². The fourth-order valence-corrected chi connectivity index (χ4v) is 3.23. The minimum atomic E-state index is -0.543. The quantitative estimate of drug-likeness (QED) is 0.487. The van der Waals surface area contributed by atoms with Crippen LogP contribution >= 0.6 is 0 Å². The van der Waals surface area contributed by atoms with E-state index in [1.54, 1.807) is 6.92 Å². The number of nitrogens with one attached hydrogen (secondary N) is 1. The molecular formula is C20H24N6O3. The number of benzene rings is 1. The van der Waals surface area contributed by atoms with Crippen molar-refractivity contribution in [3.63, 3.8) is 0 Å². The van der Waals surface area contributed by atoms with Crippen molar-refractivity contribution >= 4 is 17.4 Å². The lowest BCUT2D eigenvalue weighted by Gasteiger charge is -2.08. The molecule has 0 unspecified atom stereocenters. The molecule has 9 heteroatoms. The number of anilines is 1. The summed E-state index contributed by atoms with van der Waals surface area (Å²) in [6, 6.07) is 9.61. The van der Waals surface area contributed by atoms with Crippen molar-refractivity contribution in [2.24, 2.45) is 0 Å². The van der Waals surface area contributed by atoms with Gasteiger partial charge in [-0.15, -0.1) is 0 Å². The Labute approximate surface area is 168 Å². The fourth-order valence-electron chi connectivity index (χ4n) is 3.23. The second-order valence-corrected chi connectivity index (χ2v) is 7.11. The van der Waals surface area contributed by atoms with Gasteiger partial charge in [0.05, 0.1) is 47.0 Å². The summed E-state index contributed by atoms with van der Waals surface area (Å²) in [5.74, 6) is -0.407. The van der Waals surface area contributed by atoms with Gasteiger partial charge in [-0.1, -0.05) is 29.8 Å². The molecule has 0 aliphatic carbocycles. The third-order valence-corrected chi connectivity index (χ3v) is 4.77. The molecule has 9 nitrogen and oxygen atoms in total. The van der Waals surface area contributed by atoms with E-state index in [4.69, 9.17) is 0 Å². The molecule has 0 fully saturated rings. The highest BCUT2D eigenvalue weighted by atomic mass is 16.6. The largest absolute Gasteiger partial charge is 0.390 e. The topological polar surface area (TPSA) is 108 Å². The number of carbonyl (C=O) groups is 1. The van der Waals surface area contributed by atoms with Gasteiger partial charge in [0.25, 0.3) is 0 Å². The lowest BCUT2D eigenvalue weighted by molar-refractivity contribution is -0.389. The minimum absolute atomic E-state index is 0.154. The average molecular weight is 396 g/mol. The van der Waals surface area contributed by atoms with E-state index >= 15 is 0 Å². The summed E-state index contributed by atoms with van der Waals surface area (Å²) in [6.45, 7) is 8.44. The smallest absolute Gasteiger partial charge is 0.358 e. The number of amides is 1. The van der Waals surface area contributed by atoms with E-state index < -0.39 is 4.92 Å². The molecular weight excluding hydrogens is 372 g/mol. The molecule has 1 N–H and O–H groups in total. The van der Waals surface area contributed by atoms with Crippen LogP contribution in [0.5, 0.6) is 0 Å². The lowest BCUT2D eigenvalue weighted by atomic mass is 10.1. The van der Waals surface area contributed by atoms with E-state index in [0.717, 1.165) is 17.0 Å². The normalized spacial score (nSPS) is 10.9. The average Bonchev–Trinajstić information content (AvgIpc) is 3.15. The van der Waals surface area contributed by atoms with Crippen LogP contribution in [0.1, 0.15) is 34.6 Å². The molecule has 2 aromatic heterocycles. The molecule has 3 rings (SSSR count). The molecule has 0 saturated heterocycles. The Morgan fingerprint density at radius 1 is 1.14 bits per heavy atom. The number of hydrogen-bond donors (Lipinski definition) is 1. The molecule has 0 saturated carbocycles. The number of aryl methyl sites for hydroxylation is 4. The van der Waals surface area contributed by atoms with Crippen LogP contribution in [0.3, 0.4) is 0 Å². The zero-order valence-corrected chi connectivity index (χ0v) is 17.0. The number of rotatable bonds is 7. The van der Waals surface area contributed by atoms with Crippen LogP contribution in [0.15, 0.2) is 30.3 Å². The number of aromatic nitrogens is 4. The van der Waals surface area contributed by atoms with E-state index in [0.29, 0.717) is 17.9 Å². The maximum absolute atomic E-state index is 12.4. The Bertz CT molecular complexity index is 1070. The maximum Gasteiger partial charge on any atom is 0.390 e. The maximum atomic E-state index is 12.4. The molecule has 3 aromatic rings. The Hall–Kier alpha value is -3.49. The lowest BCUT2D eigenvalue weighted by Crippen LogP contribution is -2.16. The second-order valence-electron chi connectivity index (χ2n) is 7.11. The Kier molecular flexibility index (Phi) is 5.76. The van der Waals surface area contributed by atoms with Crippen LogP contribution in [0, 0.1) is 37.8 Å². The molecule has 0 radical (unpaired) electrons. The third-order valence-electron chi connectivity index (χ3n) is 4.77. The minimum Gasteiger partial charge on any atom is -0.358 e. The van der Waals surface area contributed by atoms with Crippen LogP contribution in [0.25, 0.3) is 0 Å². The monoisotopic (exact) mass is 396 g/mol. The van der Waals surface area contributed by atoms with Crippen molar-refractivity contribution in [3.05, 3.63) is 68.7 Å². The molecule has 2 heterocycles. The second kappa shape index (κ2) is 8.26. The SMILES string of the molecule is Cc1cccc(Cn2nc(C)c(NC(=O)CCn3nc([N+](=O)[O-])cc3C)c2C)c1. The van der Waals surface area contributed by atoms with Crippen LogP contribution in [-0.4, -0.2) is 30.4 Å². The third kappa shape index (κ3) is 4.68. The van der Waals surface area contributed by atoms with Gasteiger partial charge in [0.15, 0.2) is 0 Å². The van der Waals surface area contributed by atoms with Gasteiger partial charge in [-0.25, -0.2) is 0 Å². The summed E-state index contributed by atoms with van der Waals surface area (Å²) in [6.07, 6.45) is 0.154. The van der Waals surface area contributed by atoms with E-state index in [9.17, 15) is 14.9 Å². The molecule has 152 valence electrons. The van der Waals surface area contributed by atoms with E-state index in [-0.39, 0.29) is 24.7 Å². The molecule has 0 bridgehead atoms. The number of nitrogens with zero attached hydrogens (tertiary/aromatic N) is 5. The highest BCUT2D eigenvalue weighted by molar-refractivity contribution is 5.91. The van der Waals surface area contributed by atoms with Crippen molar-refractivity contribution in [1.29, 1.82) is 0 Å². The summed E-state index contributed by atoms with van der Waals surface area (Å²) >= 11 is 0. The Morgan fingerprint density at radius 2 is 1.90 bits per heavy atom. The Balaban J connectivity index is 1.66. The van der Waals surface area contributed by atoms with E-state index in [1.165, 1.54) is 16.3 Å². The molecule has 0 aliphatic rings. The zero-order valence-electron chi connectivity index (χ0n) is 17.0. The first kappa shape index (κ1) is 20.2. The van der Waals surface area contributed by atoms with E-state index in [1.807, 2.05) is 43.7 Å². The number of hydrogen-bond acceptors (Lipinski definition) is 5. The van der Waals surface area contributed by atoms with Crippen LogP contribution in [0.4, 0.5) is 11.5 Å². The van der Waals surface area contributed by atoms with Crippen molar-refractivity contribution in [3.8, 4) is 0 Å². The first-order valence-electron chi connectivity index (χ1n) is 9.33. The van der Waals surface area contributed by atoms with E-state index in [2.05, 4.69) is 21.6 Å². The van der Waals surface area contributed by atoms with Gasteiger partial charge < -0.3 is 15.4 Å². The van der Waals surface area contributed by atoms with Gasteiger partial charge in [-0.3, -0.25) is 9.48 Å².